The Morgan fingerprint density at radius 1 is 1.20 bits per heavy atom. The van der Waals surface area contributed by atoms with Gasteiger partial charge in [0.2, 0.25) is 0 Å². The lowest BCUT2D eigenvalue weighted by molar-refractivity contribution is 0.107. The van der Waals surface area contributed by atoms with Crippen molar-refractivity contribution in [1.82, 2.24) is 4.98 Å². The van der Waals surface area contributed by atoms with E-state index in [0.29, 0.717) is 46.6 Å². The molecule has 1 aliphatic carbocycles. The fraction of sp³-hybridized carbons (Fsp3) is 0.357. The maximum Gasteiger partial charge on any atom is 0.325 e. The summed E-state index contributed by atoms with van der Waals surface area (Å²) in [7, 11) is -3.49. The molecule has 0 bridgehead atoms. The molecule has 0 unspecified atom stereocenters. The van der Waals surface area contributed by atoms with E-state index in [1.165, 1.54) is 36.3 Å². The second-order valence-corrected chi connectivity index (χ2v) is 13.1. The maximum absolute atomic E-state index is 12.6. The number of halogens is 1. The Bertz CT molecular complexity index is 1470. The van der Waals surface area contributed by atoms with E-state index in [0.717, 1.165) is 24.0 Å². The van der Waals surface area contributed by atoms with Crippen LogP contribution < -0.4 is 21.1 Å². The molecule has 0 aliphatic heterocycles. The van der Waals surface area contributed by atoms with E-state index in [2.05, 4.69) is 22.2 Å². The first-order valence-electron chi connectivity index (χ1n) is 12.9. The van der Waals surface area contributed by atoms with Crippen LogP contribution in [0.2, 0.25) is 5.02 Å². The molecule has 1 aromatic heterocycles. The van der Waals surface area contributed by atoms with Crippen LogP contribution in [0.15, 0.2) is 59.7 Å². The lowest BCUT2D eigenvalue weighted by atomic mass is 10.2. The number of rotatable bonds is 11. The van der Waals surface area contributed by atoms with Crippen LogP contribution in [0.5, 0.6) is 5.75 Å². The maximum atomic E-state index is 12.6. The third-order valence-corrected chi connectivity index (χ3v) is 9.15. The third kappa shape index (κ3) is 7.97. The predicted octanol–water partition coefficient (Wildman–Crippen LogP) is 6.39. The number of urea groups is 1. The molecule has 1 heterocycles. The first-order valence-corrected chi connectivity index (χ1v) is 16.0. The zero-order valence-corrected chi connectivity index (χ0v) is 24.8. The highest BCUT2D eigenvalue weighted by Gasteiger charge is 2.20. The molecule has 2 amide bonds. The molecule has 9 nitrogen and oxygen atoms in total. The van der Waals surface area contributed by atoms with Gasteiger partial charge >= 0.3 is 6.03 Å². The molecule has 4 rings (SSSR count). The summed E-state index contributed by atoms with van der Waals surface area (Å²) >= 11 is 7.30. The van der Waals surface area contributed by atoms with Crippen molar-refractivity contribution in [2.24, 2.45) is 5.73 Å². The fourth-order valence-corrected chi connectivity index (χ4v) is 6.57. The first-order chi connectivity index (χ1) is 19.0. The average Bonchev–Trinajstić information content (AvgIpc) is 3.53. The van der Waals surface area contributed by atoms with Crippen LogP contribution in [0.4, 0.5) is 15.6 Å². The molecular weight excluding hydrogens is 572 g/mol. The Labute approximate surface area is 243 Å². The van der Waals surface area contributed by atoms with Gasteiger partial charge in [0.05, 0.1) is 39.2 Å². The SMILES string of the molecule is C=C(OC1CCCC1)[C@@H](N)CCOc1ccc(NC(=O)Nc2nc(C)c(-c3ccc(Cl)c(S(C)(=O)=O)c3)s2)cc1. The van der Waals surface area contributed by atoms with E-state index in [9.17, 15) is 13.2 Å². The Balaban J connectivity index is 1.27. The van der Waals surface area contributed by atoms with Gasteiger partial charge in [-0.25, -0.2) is 18.2 Å². The first kappa shape index (κ1) is 29.9. The Morgan fingerprint density at radius 2 is 1.90 bits per heavy atom. The normalized spacial score (nSPS) is 14.5. The molecule has 1 saturated carbocycles. The summed E-state index contributed by atoms with van der Waals surface area (Å²) in [6.07, 6.45) is 6.41. The van der Waals surface area contributed by atoms with Crippen LogP contribution in [-0.2, 0) is 14.6 Å². The molecular formula is C28H33ClN4O5S2. The number of amides is 2. The Kier molecular flexibility index (Phi) is 9.72. The van der Waals surface area contributed by atoms with Gasteiger partial charge in [-0.3, -0.25) is 5.32 Å². The van der Waals surface area contributed by atoms with Crippen molar-refractivity contribution in [2.45, 2.75) is 56.1 Å². The Morgan fingerprint density at radius 3 is 2.58 bits per heavy atom. The van der Waals surface area contributed by atoms with Gasteiger partial charge in [0.15, 0.2) is 15.0 Å². The smallest absolute Gasteiger partial charge is 0.325 e. The standard InChI is InChI=1S/C28H33ClN4O5S2/c1-17-26(19-8-13-23(29)25(16-19)40(3,35)36)39-28(31-17)33-27(34)32-20-9-11-21(12-10-20)37-15-14-24(30)18(2)38-22-6-4-5-7-22/h8-13,16,22,24H,2,4-7,14-15,30H2,1,3H3,(H2,31,32,33,34)/t24-/m0/s1. The number of hydrogen-bond donors (Lipinski definition) is 3. The predicted molar refractivity (Wildman–Crippen MR) is 160 cm³/mol. The molecule has 12 heteroatoms. The van der Waals surface area contributed by atoms with E-state index in [1.807, 2.05) is 0 Å². The summed E-state index contributed by atoms with van der Waals surface area (Å²) in [6.45, 7) is 6.16. The minimum atomic E-state index is -3.49. The second kappa shape index (κ2) is 13.0. The summed E-state index contributed by atoms with van der Waals surface area (Å²) in [5.74, 6) is 1.26. The Hall–Kier alpha value is -3.12. The molecule has 0 saturated heterocycles. The van der Waals surface area contributed by atoms with Gasteiger partial charge in [-0.1, -0.05) is 35.6 Å². The number of thiazole rings is 1. The lowest BCUT2D eigenvalue weighted by Gasteiger charge is -2.20. The highest BCUT2D eigenvalue weighted by Crippen LogP contribution is 2.35. The van der Waals surface area contributed by atoms with Crippen molar-refractivity contribution in [3.05, 3.63) is 65.5 Å². The summed E-state index contributed by atoms with van der Waals surface area (Å²) in [6, 6.07) is 11.0. The number of aryl methyl sites for hydroxylation is 1. The number of sulfone groups is 1. The van der Waals surface area contributed by atoms with Gasteiger partial charge in [0, 0.05) is 18.4 Å². The van der Waals surface area contributed by atoms with Gasteiger partial charge in [0.1, 0.15) is 11.5 Å². The summed E-state index contributed by atoms with van der Waals surface area (Å²) in [4.78, 5) is 17.7. The van der Waals surface area contributed by atoms with Gasteiger partial charge in [0.25, 0.3) is 0 Å². The monoisotopic (exact) mass is 604 g/mol. The number of nitrogens with zero attached hydrogens (tertiary/aromatic N) is 1. The zero-order valence-electron chi connectivity index (χ0n) is 22.4. The van der Waals surface area contributed by atoms with Gasteiger partial charge in [-0.15, -0.1) is 0 Å². The molecule has 214 valence electrons. The number of benzene rings is 2. The topological polar surface area (TPSA) is 133 Å². The number of aromatic nitrogens is 1. The second-order valence-electron chi connectivity index (χ2n) is 9.69. The van der Waals surface area contributed by atoms with E-state index in [-0.39, 0.29) is 22.1 Å². The van der Waals surface area contributed by atoms with Gasteiger partial charge in [-0.05, 0) is 74.6 Å². The largest absolute Gasteiger partial charge is 0.494 e. The minimum absolute atomic E-state index is 0.0424. The molecule has 1 atom stereocenters. The molecule has 40 heavy (non-hydrogen) atoms. The molecule has 1 aliphatic rings. The van der Waals surface area contributed by atoms with E-state index in [4.69, 9.17) is 26.8 Å². The number of ether oxygens (including phenoxy) is 2. The van der Waals surface area contributed by atoms with Crippen molar-refractivity contribution in [3.63, 3.8) is 0 Å². The quantitative estimate of drug-likeness (QED) is 0.216. The van der Waals surface area contributed by atoms with Crippen molar-refractivity contribution in [3.8, 4) is 16.2 Å². The average molecular weight is 605 g/mol. The zero-order chi connectivity index (χ0) is 28.9. The van der Waals surface area contributed by atoms with Crippen molar-refractivity contribution in [2.75, 3.05) is 23.5 Å². The van der Waals surface area contributed by atoms with E-state index < -0.39 is 15.9 Å². The molecule has 0 spiro atoms. The summed E-state index contributed by atoms with van der Waals surface area (Å²) in [5.41, 5.74) is 8.05. The summed E-state index contributed by atoms with van der Waals surface area (Å²) in [5, 5.41) is 6.01. The molecule has 1 fully saturated rings. The summed E-state index contributed by atoms with van der Waals surface area (Å²) < 4.78 is 35.7. The molecule has 3 aromatic rings. The fourth-order valence-electron chi connectivity index (χ4n) is 4.31. The number of hydrogen-bond acceptors (Lipinski definition) is 8. The highest BCUT2D eigenvalue weighted by atomic mass is 35.5. The van der Waals surface area contributed by atoms with Gasteiger partial charge in [-0.2, -0.15) is 0 Å². The number of anilines is 2. The van der Waals surface area contributed by atoms with Crippen molar-refractivity contribution in [1.29, 1.82) is 0 Å². The number of nitrogens with two attached hydrogens (primary N) is 1. The van der Waals surface area contributed by atoms with Crippen LogP contribution in [0.3, 0.4) is 0 Å². The van der Waals surface area contributed by atoms with Crippen LogP contribution in [0.1, 0.15) is 37.8 Å². The lowest BCUT2D eigenvalue weighted by Crippen LogP contribution is -2.27. The van der Waals surface area contributed by atoms with E-state index in [1.54, 1.807) is 37.3 Å². The van der Waals surface area contributed by atoms with Crippen LogP contribution >= 0.6 is 22.9 Å². The molecule has 2 aromatic carbocycles. The third-order valence-electron chi connectivity index (χ3n) is 6.45. The van der Waals surface area contributed by atoms with Gasteiger partial charge < -0.3 is 20.5 Å². The van der Waals surface area contributed by atoms with Crippen LogP contribution in [0, 0.1) is 6.92 Å². The van der Waals surface area contributed by atoms with Crippen LogP contribution in [-0.4, -0.2) is 44.4 Å². The van der Waals surface area contributed by atoms with Crippen molar-refractivity contribution >= 4 is 49.6 Å². The van der Waals surface area contributed by atoms with Crippen LogP contribution in [0.25, 0.3) is 10.4 Å². The highest BCUT2D eigenvalue weighted by molar-refractivity contribution is 7.90. The van der Waals surface area contributed by atoms with Crippen molar-refractivity contribution < 1.29 is 22.7 Å². The van der Waals surface area contributed by atoms with E-state index >= 15 is 0 Å². The molecule has 0 radical (unpaired) electrons. The minimum Gasteiger partial charge on any atom is -0.494 e. The molecule has 4 N–H and O–H groups in total. The number of carbonyl (C=O) groups is 1. The number of carbonyl (C=O) groups excluding carboxylic acids is 1. The number of nitrogens with one attached hydrogen (secondary N) is 2.